The van der Waals surface area contributed by atoms with Crippen molar-refractivity contribution in [2.75, 3.05) is 6.61 Å². The van der Waals surface area contributed by atoms with Crippen LogP contribution in [0.25, 0.3) is 22.4 Å². The van der Waals surface area contributed by atoms with Gasteiger partial charge in [0.05, 0.1) is 23.7 Å². The Labute approximate surface area is 140 Å². The molecule has 0 bridgehead atoms. The lowest BCUT2D eigenvalue weighted by Crippen LogP contribution is -2.24. The van der Waals surface area contributed by atoms with Crippen LogP contribution in [0.1, 0.15) is 24.8 Å². The summed E-state index contributed by atoms with van der Waals surface area (Å²) in [5.41, 5.74) is 3.63. The molecule has 4 rings (SSSR count). The van der Waals surface area contributed by atoms with Gasteiger partial charge in [-0.3, -0.25) is 4.79 Å². The van der Waals surface area contributed by atoms with E-state index in [9.17, 15) is 4.79 Å². The molecule has 0 spiro atoms. The van der Waals surface area contributed by atoms with Crippen molar-refractivity contribution in [1.29, 1.82) is 0 Å². The van der Waals surface area contributed by atoms with Gasteiger partial charge in [0.2, 0.25) is 0 Å². The van der Waals surface area contributed by atoms with E-state index >= 15 is 0 Å². The maximum atomic E-state index is 11.7. The van der Waals surface area contributed by atoms with Gasteiger partial charge in [0, 0.05) is 23.9 Å². The molecule has 1 N–H and O–H groups in total. The first-order valence-corrected chi connectivity index (χ1v) is 8.49. The lowest BCUT2D eigenvalue weighted by molar-refractivity contribution is 0.00686. The maximum absolute atomic E-state index is 11.7. The topological polar surface area (TPSA) is 59.9 Å². The Morgan fingerprint density at radius 3 is 3.00 bits per heavy atom. The zero-order chi connectivity index (χ0) is 16.5. The standard InChI is InChI=1S/C19H21N3O2/c1-13-10-14(11-20-19(13)23)18-21-16-7-2-3-8-17(16)22(18)12-15-6-4-5-9-24-15/h2-3,7-8,10-11,15H,4-6,9,12H2,1H3,(H,20,23). The quantitative estimate of drug-likeness (QED) is 0.805. The predicted octanol–water partition coefficient (Wildman–Crippen LogP) is 3.27. The molecule has 5 heteroatoms. The van der Waals surface area contributed by atoms with E-state index in [1.165, 1.54) is 6.42 Å². The summed E-state index contributed by atoms with van der Waals surface area (Å²) in [5, 5.41) is 0. The highest BCUT2D eigenvalue weighted by Gasteiger charge is 2.19. The first kappa shape index (κ1) is 15.1. The third-order valence-corrected chi connectivity index (χ3v) is 4.66. The van der Waals surface area contributed by atoms with Crippen LogP contribution < -0.4 is 5.56 Å². The molecule has 3 aromatic rings. The molecule has 5 nitrogen and oxygen atoms in total. The number of rotatable bonds is 3. The predicted molar refractivity (Wildman–Crippen MR) is 94.1 cm³/mol. The molecule has 24 heavy (non-hydrogen) atoms. The summed E-state index contributed by atoms with van der Waals surface area (Å²) in [6.45, 7) is 3.44. The highest BCUT2D eigenvalue weighted by atomic mass is 16.5. The molecule has 1 aromatic carbocycles. The number of aromatic amines is 1. The van der Waals surface area contributed by atoms with Crippen molar-refractivity contribution in [3.63, 3.8) is 0 Å². The number of para-hydroxylation sites is 2. The summed E-state index contributed by atoms with van der Waals surface area (Å²) in [6.07, 6.45) is 5.40. The van der Waals surface area contributed by atoms with Crippen molar-refractivity contribution < 1.29 is 4.74 Å². The highest BCUT2D eigenvalue weighted by Crippen LogP contribution is 2.26. The second-order valence-electron chi connectivity index (χ2n) is 6.42. The average Bonchev–Trinajstić information content (AvgIpc) is 2.97. The van der Waals surface area contributed by atoms with Crippen LogP contribution in [0.2, 0.25) is 0 Å². The molecule has 1 unspecified atom stereocenters. The molecule has 1 aliphatic heterocycles. The molecular weight excluding hydrogens is 302 g/mol. The zero-order valence-corrected chi connectivity index (χ0v) is 13.8. The number of ether oxygens (including phenoxy) is 1. The van der Waals surface area contributed by atoms with Gasteiger partial charge in [0.1, 0.15) is 5.82 Å². The van der Waals surface area contributed by atoms with E-state index in [0.29, 0.717) is 5.56 Å². The first-order valence-electron chi connectivity index (χ1n) is 8.49. The minimum atomic E-state index is -0.0583. The highest BCUT2D eigenvalue weighted by molar-refractivity contribution is 5.80. The summed E-state index contributed by atoms with van der Waals surface area (Å²) >= 11 is 0. The Hall–Kier alpha value is -2.40. The summed E-state index contributed by atoms with van der Waals surface area (Å²) in [7, 11) is 0. The largest absolute Gasteiger partial charge is 0.376 e. The van der Waals surface area contributed by atoms with Crippen LogP contribution in [0, 0.1) is 6.92 Å². The SMILES string of the molecule is Cc1cc(-c2nc3ccccc3n2CC2CCCCO2)c[nH]c1=O. The van der Waals surface area contributed by atoms with Gasteiger partial charge in [-0.2, -0.15) is 0 Å². The molecule has 1 aliphatic rings. The van der Waals surface area contributed by atoms with E-state index in [1.807, 2.05) is 31.2 Å². The fourth-order valence-electron chi connectivity index (χ4n) is 3.36. The van der Waals surface area contributed by atoms with Crippen LogP contribution in [0.5, 0.6) is 0 Å². The number of pyridine rings is 1. The van der Waals surface area contributed by atoms with Crippen molar-refractivity contribution in [3.05, 3.63) is 52.4 Å². The molecule has 1 saturated heterocycles. The number of benzene rings is 1. The molecule has 2 aromatic heterocycles. The number of H-pyrrole nitrogens is 1. The van der Waals surface area contributed by atoms with E-state index in [0.717, 1.165) is 48.4 Å². The van der Waals surface area contributed by atoms with E-state index in [-0.39, 0.29) is 11.7 Å². The Morgan fingerprint density at radius 2 is 2.21 bits per heavy atom. The molecule has 0 aliphatic carbocycles. The number of hydrogen-bond donors (Lipinski definition) is 1. The molecule has 0 saturated carbocycles. The molecule has 0 amide bonds. The van der Waals surface area contributed by atoms with Gasteiger partial charge in [-0.05, 0) is 44.4 Å². The van der Waals surface area contributed by atoms with Crippen LogP contribution in [-0.4, -0.2) is 27.2 Å². The second-order valence-corrected chi connectivity index (χ2v) is 6.42. The van der Waals surface area contributed by atoms with Crippen molar-refractivity contribution in [2.45, 2.75) is 38.8 Å². The first-order chi connectivity index (χ1) is 11.7. The number of fused-ring (bicyclic) bond motifs is 1. The van der Waals surface area contributed by atoms with E-state index in [1.54, 1.807) is 6.20 Å². The Balaban J connectivity index is 1.82. The number of aromatic nitrogens is 3. The average molecular weight is 323 g/mol. The molecule has 1 atom stereocenters. The Morgan fingerprint density at radius 1 is 1.33 bits per heavy atom. The van der Waals surface area contributed by atoms with Gasteiger partial charge >= 0.3 is 0 Å². The zero-order valence-electron chi connectivity index (χ0n) is 13.8. The van der Waals surface area contributed by atoms with Crippen LogP contribution >= 0.6 is 0 Å². The lowest BCUT2D eigenvalue weighted by atomic mass is 10.1. The maximum Gasteiger partial charge on any atom is 0.250 e. The number of hydrogen-bond acceptors (Lipinski definition) is 3. The second kappa shape index (κ2) is 6.24. The summed E-state index contributed by atoms with van der Waals surface area (Å²) in [5.74, 6) is 0.879. The van der Waals surface area contributed by atoms with Crippen molar-refractivity contribution in [2.24, 2.45) is 0 Å². The van der Waals surface area contributed by atoms with Gasteiger partial charge in [-0.15, -0.1) is 0 Å². The van der Waals surface area contributed by atoms with E-state index in [4.69, 9.17) is 9.72 Å². The third-order valence-electron chi connectivity index (χ3n) is 4.66. The summed E-state index contributed by atoms with van der Waals surface area (Å²) < 4.78 is 8.15. The number of nitrogens with zero attached hydrogens (tertiary/aromatic N) is 2. The van der Waals surface area contributed by atoms with E-state index in [2.05, 4.69) is 15.6 Å². The number of nitrogens with one attached hydrogen (secondary N) is 1. The van der Waals surface area contributed by atoms with Gasteiger partial charge < -0.3 is 14.3 Å². The van der Waals surface area contributed by atoms with Gasteiger partial charge in [-0.25, -0.2) is 4.98 Å². The van der Waals surface area contributed by atoms with Crippen LogP contribution in [-0.2, 0) is 11.3 Å². The lowest BCUT2D eigenvalue weighted by Gasteiger charge is -2.24. The smallest absolute Gasteiger partial charge is 0.250 e. The van der Waals surface area contributed by atoms with Gasteiger partial charge in [0.15, 0.2) is 0 Å². The van der Waals surface area contributed by atoms with E-state index < -0.39 is 0 Å². The summed E-state index contributed by atoms with van der Waals surface area (Å²) in [4.78, 5) is 19.3. The van der Waals surface area contributed by atoms with Crippen molar-refractivity contribution >= 4 is 11.0 Å². The number of imidazole rings is 1. The fraction of sp³-hybridized carbons (Fsp3) is 0.368. The van der Waals surface area contributed by atoms with Crippen LogP contribution in [0.4, 0.5) is 0 Å². The molecule has 124 valence electrons. The van der Waals surface area contributed by atoms with Gasteiger partial charge in [-0.1, -0.05) is 12.1 Å². The normalized spacial score (nSPS) is 18.1. The molecule has 3 heterocycles. The van der Waals surface area contributed by atoms with Crippen molar-refractivity contribution in [1.82, 2.24) is 14.5 Å². The molecule has 0 radical (unpaired) electrons. The van der Waals surface area contributed by atoms with Crippen LogP contribution in [0.15, 0.2) is 41.3 Å². The Bertz CT molecular complexity index is 920. The monoisotopic (exact) mass is 323 g/mol. The molecule has 1 fully saturated rings. The number of aryl methyl sites for hydroxylation is 1. The minimum absolute atomic E-state index is 0.0583. The van der Waals surface area contributed by atoms with Gasteiger partial charge in [0.25, 0.3) is 5.56 Å². The van der Waals surface area contributed by atoms with Crippen LogP contribution in [0.3, 0.4) is 0 Å². The fourth-order valence-corrected chi connectivity index (χ4v) is 3.36. The Kier molecular flexibility index (Phi) is 3.94. The summed E-state index contributed by atoms with van der Waals surface area (Å²) in [6, 6.07) is 10.0. The minimum Gasteiger partial charge on any atom is -0.376 e. The third kappa shape index (κ3) is 2.76. The van der Waals surface area contributed by atoms with Crippen molar-refractivity contribution in [3.8, 4) is 11.4 Å². The molecular formula is C19H21N3O2.